The minimum atomic E-state index is 1.04. The molecule has 0 unspecified atom stereocenters. The van der Waals surface area contributed by atoms with Gasteiger partial charge < -0.3 is 5.32 Å². The molecule has 3 rings (SSSR count). The van der Waals surface area contributed by atoms with Crippen LogP contribution in [0, 0.1) is 0 Å². The largest absolute Gasteiger partial charge is 0.388 e. The lowest BCUT2D eigenvalue weighted by atomic mass is 10.0. The van der Waals surface area contributed by atoms with Crippen LogP contribution >= 0.6 is 0 Å². The highest BCUT2D eigenvalue weighted by Gasteiger charge is 2.10. The zero-order valence-corrected chi connectivity index (χ0v) is 10.9. The average Bonchev–Trinajstić information content (AvgIpc) is 2.87. The summed E-state index contributed by atoms with van der Waals surface area (Å²) in [6, 6.07) is 15.7. The Hall–Kier alpha value is -1.76. The number of nitrogens with one attached hydrogen (secondary N) is 1. The molecule has 1 nitrogen and oxygen atoms in total. The Morgan fingerprint density at radius 1 is 0.889 bits per heavy atom. The van der Waals surface area contributed by atoms with Gasteiger partial charge in [0.2, 0.25) is 0 Å². The van der Waals surface area contributed by atoms with Crippen LogP contribution in [0.5, 0.6) is 0 Å². The van der Waals surface area contributed by atoms with Crippen LogP contribution in [0.1, 0.15) is 28.7 Å². The Labute approximate surface area is 109 Å². The van der Waals surface area contributed by atoms with E-state index in [4.69, 9.17) is 0 Å². The van der Waals surface area contributed by atoms with Crippen molar-refractivity contribution in [3.63, 3.8) is 0 Å². The summed E-state index contributed by atoms with van der Waals surface area (Å²) in [5.74, 6) is 0. The van der Waals surface area contributed by atoms with Gasteiger partial charge >= 0.3 is 0 Å². The third kappa shape index (κ3) is 2.26. The zero-order valence-electron chi connectivity index (χ0n) is 10.9. The van der Waals surface area contributed by atoms with Crippen LogP contribution < -0.4 is 5.32 Å². The van der Waals surface area contributed by atoms with Gasteiger partial charge in [0.15, 0.2) is 0 Å². The molecule has 0 spiro atoms. The lowest BCUT2D eigenvalue weighted by Crippen LogP contribution is -1.92. The van der Waals surface area contributed by atoms with E-state index < -0.39 is 0 Å². The van der Waals surface area contributed by atoms with Gasteiger partial charge in [0.05, 0.1) is 0 Å². The van der Waals surface area contributed by atoms with Crippen molar-refractivity contribution in [3.8, 4) is 0 Å². The number of fused-ring (bicyclic) bond motifs is 1. The third-order valence-corrected chi connectivity index (χ3v) is 3.81. The Morgan fingerprint density at radius 3 is 2.39 bits per heavy atom. The molecule has 0 radical (unpaired) electrons. The number of anilines is 1. The molecule has 0 amide bonds. The van der Waals surface area contributed by atoms with Crippen LogP contribution in [0.25, 0.3) is 0 Å². The average molecular weight is 237 g/mol. The summed E-state index contributed by atoms with van der Waals surface area (Å²) in [6.45, 7) is 0. The monoisotopic (exact) mass is 237 g/mol. The van der Waals surface area contributed by atoms with Gasteiger partial charge in [-0.1, -0.05) is 30.3 Å². The molecule has 0 atom stereocenters. The Morgan fingerprint density at radius 2 is 1.61 bits per heavy atom. The summed E-state index contributed by atoms with van der Waals surface area (Å²) in [4.78, 5) is 0. The summed E-state index contributed by atoms with van der Waals surface area (Å²) in [5.41, 5.74) is 7.12. The molecule has 1 N–H and O–H groups in total. The SMILES string of the molecule is CNc1ccc(Cc2ccc3c(c2)CCC3)cc1. The number of hydrogen-bond acceptors (Lipinski definition) is 1. The molecular weight excluding hydrogens is 218 g/mol. The van der Waals surface area contributed by atoms with E-state index >= 15 is 0 Å². The first-order valence-electron chi connectivity index (χ1n) is 6.72. The molecule has 1 aliphatic carbocycles. The van der Waals surface area contributed by atoms with Crippen LogP contribution in [0.3, 0.4) is 0 Å². The highest BCUT2D eigenvalue weighted by atomic mass is 14.8. The predicted octanol–water partition coefficient (Wildman–Crippen LogP) is 3.81. The van der Waals surface area contributed by atoms with Crippen molar-refractivity contribution in [1.29, 1.82) is 0 Å². The maximum Gasteiger partial charge on any atom is 0.0337 e. The van der Waals surface area contributed by atoms with Crippen molar-refractivity contribution in [3.05, 3.63) is 64.7 Å². The van der Waals surface area contributed by atoms with Gasteiger partial charge in [-0.3, -0.25) is 0 Å². The highest BCUT2D eigenvalue weighted by molar-refractivity contribution is 5.45. The number of rotatable bonds is 3. The molecule has 2 aromatic carbocycles. The van der Waals surface area contributed by atoms with Crippen LogP contribution in [0.2, 0.25) is 0 Å². The summed E-state index contributed by atoms with van der Waals surface area (Å²) in [5, 5.41) is 3.15. The van der Waals surface area contributed by atoms with Gasteiger partial charge in [-0.25, -0.2) is 0 Å². The fourth-order valence-corrected chi connectivity index (χ4v) is 2.76. The number of benzene rings is 2. The highest BCUT2D eigenvalue weighted by Crippen LogP contribution is 2.24. The molecule has 1 aliphatic rings. The summed E-state index contributed by atoms with van der Waals surface area (Å²) < 4.78 is 0. The summed E-state index contributed by atoms with van der Waals surface area (Å²) >= 11 is 0. The molecule has 0 bridgehead atoms. The van der Waals surface area contributed by atoms with Gasteiger partial charge in [0.25, 0.3) is 0 Å². The lowest BCUT2D eigenvalue weighted by Gasteiger charge is -2.06. The second-order valence-electron chi connectivity index (χ2n) is 5.08. The third-order valence-electron chi connectivity index (χ3n) is 3.81. The zero-order chi connectivity index (χ0) is 12.4. The van der Waals surface area contributed by atoms with Crippen molar-refractivity contribution in [1.82, 2.24) is 0 Å². The quantitative estimate of drug-likeness (QED) is 0.856. The van der Waals surface area contributed by atoms with Crippen LogP contribution in [0.4, 0.5) is 5.69 Å². The Bertz CT molecular complexity index is 540. The second kappa shape index (κ2) is 4.85. The minimum Gasteiger partial charge on any atom is -0.388 e. The normalized spacial score (nSPS) is 13.4. The fraction of sp³-hybridized carbons (Fsp3) is 0.294. The van der Waals surface area contributed by atoms with E-state index in [1.165, 1.54) is 36.1 Å². The molecule has 0 saturated heterocycles. The van der Waals surface area contributed by atoms with Crippen molar-refractivity contribution in [2.24, 2.45) is 0 Å². The van der Waals surface area contributed by atoms with E-state index in [9.17, 15) is 0 Å². The number of hydrogen-bond donors (Lipinski definition) is 1. The van der Waals surface area contributed by atoms with Crippen molar-refractivity contribution >= 4 is 5.69 Å². The maximum atomic E-state index is 3.15. The van der Waals surface area contributed by atoms with Crippen LogP contribution in [0.15, 0.2) is 42.5 Å². The predicted molar refractivity (Wildman–Crippen MR) is 77.3 cm³/mol. The molecule has 0 aromatic heterocycles. The van der Waals surface area contributed by atoms with E-state index in [1.807, 2.05) is 7.05 Å². The van der Waals surface area contributed by atoms with E-state index in [2.05, 4.69) is 47.8 Å². The number of aryl methyl sites for hydroxylation is 2. The molecule has 2 aromatic rings. The van der Waals surface area contributed by atoms with Crippen molar-refractivity contribution < 1.29 is 0 Å². The van der Waals surface area contributed by atoms with Gasteiger partial charge in [-0.05, 0) is 60.1 Å². The van der Waals surface area contributed by atoms with E-state index in [1.54, 1.807) is 11.1 Å². The van der Waals surface area contributed by atoms with Crippen LogP contribution in [-0.2, 0) is 19.3 Å². The fourth-order valence-electron chi connectivity index (χ4n) is 2.76. The molecule has 92 valence electrons. The maximum absolute atomic E-state index is 3.15. The summed E-state index contributed by atoms with van der Waals surface area (Å²) in [6.07, 6.45) is 4.90. The topological polar surface area (TPSA) is 12.0 Å². The summed E-state index contributed by atoms with van der Waals surface area (Å²) in [7, 11) is 1.95. The Kier molecular flexibility index (Phi) is 3.06. The van der Waals surface area contributed by atoms with Gasteiger partial charge in [-0.2, -0.15) is 0 Å². The molecule has 0 heterocycles. The smallest absolute Gasteiger partial charge is 0.0337 e. The minimum absolute atomic E-state index is 1.04. The Balaban J connectivity index is 1.79. The van der Waals surface area contributed by atoms with Gasteiger partial charge in [0, 0.05) is 12.7 Å². The first kappa shape index (κ1) is 11.3. The molecule has 0 aliphatic heterocycles. The second-order valence-corrected chi connectivity index (χ2v) is 5.08. The van der Waals surface area contributed by atoms with E-state index in [0.29, 0.717) is 0 Å². The van der Waals surface area contributed by atoms with E-state index in [0.717, 1.165) is 6.42 Å². The van der Waals surface area contributed by atoms with E-state index in [-0.39, 0.29) is 0 Å². The van der Waals surface area contributed by atoms with Crippen molar-refractivity contribution in [2.45, 2.75) is 25.7 Å². The molecule has 1 heteroatoms. The molecule has 18 heavy (non-hydrogen) atoms. The van der Waals surface area contributed by atoms with Crippen molar-refractivity contribution in [2.75, 3.05) is 12.4 Å². The standard InChI is InChI=1S/C17H19N/c1-18-17-9-6-13(7-10-17)11-14-5-8-15-3-2-4-16(15)12-14/h5-10,12,18H,2-4,11H2,1H3. The lowest BCUT2D eigenvalue weighted by molar-refractivity contribution is 0.911. The molecular formula is C17H19N. The van der Waals surface area contributed by atoms with Gasteiger partial charge in [-0.15, -0.1) is 0 Å². The molecule has 0 saturated carbocycles. The first-order valence-corrected chi connectivity index (χ1v) is 6.72. The first-order chi connectivity index (χ1) is 8.85. The van der Waals surface area contributed by atoms with Gasteiger partial charge in [0.1, 0.15) is 0 Å². The van der Waals surface area contributed by atoms with Crippen LogP contribution in [-0.4, -0.2) is 7.05 Å². The molecule has 0 fully saturated rings.